The molecule has 138 valence electrons. The van der Waals surface area contributed by atoms with Crippen molar-refractivity contribution in [3.05, 3.63) is 46.3 Å². The van der Waals surface area contributed by atoms with Crippen molar-refractivity contribution in [3.63, 3.8) is 0 Å². The number of amides is 2. The van der Waals surface area contributed by atoms with Gasteiger partial charge in [-0.1, -0.05) is 16.8 Å². The van der Waals surface area contributed by atoms with Gasteiger partial charge in [-0.25, -0.2) is 0 Å². The highest BCUT2D eigenvalue weighted by molar-refractivity contribution is 6.33. The number of halogens is 4. The number of anilines is 1. The van der Waals surface area contributed by atoms with Crippen LogP contribution in [0.4, 0.5) is 18.9 Å². The van der Waals surface area contributed by atoms with Crippen LogP contribution < -0.4 is 5.32 Å². The largest absolute Gasteiger partial charge is 0.416 e. The second-order valence-corrected chi connectivity index (χ2v) is 6.32. The number of nitrogens with one attached hydrogen (secondary N) is 1. The van der Waals surface area contributed by atoms with Gasteiger partial charge in [0, 0.05) is 19.2 Å². The first-order chi connectivity index (χ1) is 12.1. The molecule has 2 amide bonds. The first-order valence-corrected chi connectivity index (χ1v) is 7.93. The van der Waals surface area contributed by atoms with Crippen molar-refractivity contribution in [1.29, 1.82) is 0 Å². The van der Waals surface area contributed by atoms with Crippen LogP contribution in [0.2, 0.25) is 5.02 Å². The molecule has 1 aliphatic heterocycles. The van der Waals surface area contributed by atoms with E-state index in [-0.39, 0.29) is 35.4 Å². The maximum absolute atomic E-state index is 12.8. The molecule has 2 aromatic rings. The first-order valence-electron chi connectivity index (χ1n) is 7.55. The maximum Gasteiger partial charge on any atom is 0.416 e. The summed E-state index contributed by atoms with van der Waals surface area (Å²) in [5.74, 6) is -0.936. The number of rotatable bonds is 3. The topological polar surface area (TPSA) is 75.4 Å². The van der Waals surface area contributed by atoms with Crippen LogP contribution in [0.5, 0.6) is 0 Å². The predicted octanol–water partition coefficient (Wildman–Crippen LogP) is 3.37. The third kappa shape index (κ3) is 3.67. The van der Waals surface area contributed by atoms with Gasteiger partial charge in [0.1, 0.15) is 5.76 Å². The number of carbonyl (C=O) groups is 2. The van der Waals surface area contributed by atoms with Crippen LogP contribution >= 0.6 is 11.6 Å². The Bertz CT molecular complexity index is 860. The Balaban J connectivity index is 1.61. The Morgan fingerprint density at radius 1 is 1.31 bits per heavy atom. The molecule has 1 saturated heterocycles. The Kier molecular flexibility index (Phi) is 4.66. The SMILES string of the molecule is Cc1cc(C(=O)N2CC(C(=O)Nc3cc(C(F)(F)F)ccc3Cl)C2)no1. The van der Waals surface area contributed by atoms with Gasteiger partial charge in [-0.2, -0.15) is 13.2 Å². The fourth-order valence-corrected chi connectivity index (χ4v) is 2.64. The van der Waals surface area contributed by atoms with E-state index in [9.17, 15) is 22.8 Å². The molecule has 1 aromatic carbocycles. The molecule has 2 heterocycles. The Morgan fingerprint density at radius 3 is 2.58 bits per heavy atom. The van der Waals surface area contributed by atoms with E-state index in [4.69, 9.17) is 16.1 Å². The molecule has 1 fully saturated rings. The maximum atomic E-state index is 12.8. The normalized spacial score (nSPS) is 14.9. The van der Waals surface area contributed by atoms with E-state index >= 15 is 0 Å². The zero-order valence-electron chi connectivity index (χ0n) is 13.4. The van der Waals surface area contributed by atoms with Gasteiger partial charge in [0.2, 0.25) is 5.91 Å². The van der Waals surface area contributed by atoms with Crippen LogP contribution in [0.15, 0.2) is 28.8 Å². The second kappa shape index (κ2) is 6.64. The molecular weight excluding hydrogens is 375 g/mol. The number of carbonyl (C=O) groups excluding carboxylic acids is 2. The van der Waals surface area contributed by atoms with Crippen LogP contribution in [-0.2, 0) is 11.0 Å². The molecule has 3 rings (SSSR count). The lowest BCUT2D eigenvalue weighted by molar-refractivity contribution is -0.137. The van der Waals surface area contributed by atoms with Crippen LogP contribution in [0.1, 0.15) is 21.8 Å². The third-order valence-electron chi connectivity index (χ3n) is 3.94. The van der Waals surface area contributed by atoms with E-state index in [2.05, 4.69) is 10.5 Å². The minimum absolute atomic E-state index is 0.00308. The molecule has 0 atom stereocenters. The third-order valence-corrected chi connectivity index (χ3v) is 4.27. The number of benzene rings is 1. The van der Waals surface area contributed by atoms with Gasteiger partial charge < -0.3 is 14.7 Å². The van der Waals surface area contributed by atoms with E-state index < -0.39 is 23.6 Å². The molecule has 0 saturated carbocycles. The van der Waals surface area contributed by atoms with E-state index in [1.807, 2.05) is 0 Å². The van der Waals surface area contributed by atoms with Crippen molar-refractivity contribution < 1.29 is 27.3 Å². The molecular formula is C16H13ClF3N3O3. The molecule has 0 radical (unpaired) electrons. The summed E-state index contributed by atoms with van der Waals surface area (Å²) in [5.41, 5.74) is -0.894. The minimum atomic E-state index is -4.54. The van der Waals surface area contributed by atoms with Crippen LogP contribution in [0.25, 0.3) is 0 Å². The summed E-state index contributed by atoms with van der Waals surface area (Å²) in [6.07, 6.45) is -4.54. The average Bonchev–Trinajstić information content (AvgIpc) is 2.93. The Labute approximate surface area is 150 Å². The number of alkyl halides is 3. The summed E-state index contributed by atoms with van der Waals surface area (Å²) in [6, 6.07) is 4.17. The highest BCUT2D eigenvalue weighted by Gasteiger charge is 2.37. The molecule has 1 aliphatic rings. The smallest absolute Gasteiger partial charge is 0.361 e. The highest BCUT2D eigenvalue weighted by Crippen LogP contribution is 2.34. The zero-order valence-corrected chi connectivity index (χ0v) is 14.2. The molecule has 0 spiro atoms. The van der Waals surface area contributed by atoms with Gasteiger partial charge in [0.25, 0.3) is 5.91 Å². The summed E-state index contributed by atoms with van der Waals surface area (Å²) in [7, 11) is 0. The molecule has 1 aromatic heterocycles. The van der Waals surface area contributed by atoms with Crippen molar-refractivity contribution in [2.45, 2.75) is 13.1 Å². The van der Waals surface area contributed by atoms with Gasteiger partial charge in [-0.05, 0) is 25.1 Å². The van der Waals surface area contributed by atoms with Crippen LogP contribution in [0.3, 0.4) is 0 Å². The van der Waals surface area contributed by atoms with Gasteiger partial charge in [0.05, 0.1) is 22.2 Å². The molecule has 6 nitrogen and oxygen atoms in total. The molecule has 0 bridgehead atoms. The van der Waals surface area contributed by atoms with Crippen LogP contribution in [0, 0.1) is 12.8 Å². The Morgan fingerprint density at radius 2 is 2.00 bits per heavy atom. The van der Waals surface area contributed by atoms with Crippen molar-refractivity contribution in [3.8, 4) is 0 Å². The number of hydrogen-bond acceptors (Lipinski definition) is 4. The summed E-state index contributed by atoms with van der Waals surface area (Å²) >= 11 is 5.85. The fourth-order valence-electron chi connectivity index (χ4n) is 2.47. The zero-order chi connectivity index (χ0) is 19.1. The van der Waals surface area contributed by atoms with Crippen molar-refractivity contribution in [2.75, 3.05) is 18.4 Å². The number of nitrogens with zero attached hydrogens (tertiary/aromatic N) is 2. The van der Waals surface area contributed by atoms with E-state index in [1.165, 1.54) is 11.0 Å². The van der Waals surface area contributed by atoms with Crippen molar-refractivity contribution >= 4 is 29.1 Å². The number of aryl methyl sites for hydroxylation is 1. The number of aromatic nitrogens is 1. The summed E-state index contributed by atoms with van der Waals surface area (Å²) in [5, 5.41) is 5.99. The summed E-state index contributed by atoms with van der Waals surface area (Å²) in [6.45, 7) is 1.91. The lowest BCUT2D eigenvalue weighted by Crippen LogP contribution is -2.54. The Hall–Kier alpha value is -2.55. The monoisotopic (exact) mass is 387 g/mol. The number of likely N-dealkylation sites (tertiary alicyclic amines) is 1. The fraction of sp³-hybridized carbons (Fsp3) is 0.312. The molecule has 26 heavy (non-hydrogen) atoms. The van der Waals surface area contributed by atoms with Gasteiger partial charge in [-0.3, -0.25) is 9.59 Å². The highest BCUT2D eigenvalue weighted by atomic mass is 35.5. The quantitative estimate of drug-likeness (QED) is 0.876. The van der Waals surface area contributed by atoms with Gasteiger partial charge in [-0.15, -0.1) is 0 Å². The lowest BCUT2D eigenvalue weighted by atomic mass is 9.98. The van der Waals surface area contributed by atoms with Crippen molar-refractivity contribution in [2.24, 2.45) is 5.92 Å². The van der Waals surface area contributed by atoms with Gasteiger partial charge in [0.15, 0.2) is 5.69 Å². The van der Waals surface area contributed by atoms with Crippen molar-refractivity contribution in [1.82, 2.24) is 10.1 Å². The summed E-state index contributed by atoms with van der Waals surface area (Å²) in [4.78, 5) is 25.7. The molecule has 0 unspecified atom stereocenters. The first kappa shape index (κ1) is 18.2. The van der Waals surface area contributed by atoms with Crippen LogP contribution in [-0.4, -0.2) is 35.0 Å². The number of hydrogen-bond donors (Lipinski definition) is 1. The summed E-state index contributed by atoms with van der Waals surface area (Å²) < 4.78 is 43.1. The van der Waals surface area contributed by atoms with E-state index in [0.29, 0.717) is 5.76 Å². The molecule has 1 N–H and O–H groups in total. The standard InChI is InChI=1S/C16H13ClF3N3O3/c1-8-4-13(22-26-8)15(25)23-6-9(7-23)14(24)21-12-5-10(16(18,19)20)2-3-11(12)17/h2-5,9H,6-7H2,1H3,(H,21,24). The molecule has 0 aliphatic carbocycles. The lowest BCUT2D eigenvalue weighted by Gasteiger charge is -2.37. The minimum Gasteiger partial charge on any atom is -0.361 e. The average molecular weight is 388 g/mol. The van der Waals surface area contributed by atoms with Gasteiger partial charge >= 0.3 is 6.18 Å². The predicted molar refractivity (Wildman–Crippen MR) is 85.7 cm³/mol. The second-order valence-electron chi connectivity index (χ2n) is 5.91. The molecule has 10 heteroatoms. The van der Waals surface area contributed by atoms with E-state index in [0.717, 1.165) is 18.2 Å². The van der Waals surface area contributed by atoms with E-state index in [1.54, 1.807) is 6.92 Å².